The molecule has 0 saturated carbocycles. The van der Waals surface area contributed by atoms with Crippen molar-refractivity contribution >= 4 is 23.5 Å². The lowest BCUT2D eigenvalue weighted by Crippen LogP contribution is -2.71. The number of carbonyl (C=O) groups is 4. The van der Waals surface area contributed by atoms with Crippen molar-refractivity contribution < 1.29 is 39.6 Å². The van der Waals surface area contributed by atoms with Crippen LogP contribution >= 0.6 is 0 Å². The first kappa shape index (κ1) is 20.9. The zero-order valence-corrected chi connectivity index (χ0v) is 15.0. The number of hydrogen-bond donors (Lipinski definition) is 4. The molecule has 2 aromatic carbocycles. The fourth-order valence-electron chi connectivity index (χ4n) is 2.66. The summed E-state index contributed by atoms with van der Waals surface area (Å²) in [5.41, 5.74) is -7.27. The summed E-state index contributed by atoms with van der Waals surface area (Å²) in [4.78, 5) is 49.1. The van der Waals surface area contributed by atoms with E-state index in [2.05, 4.69) is 0 Å². The van der Waals surface area contributed by atoms with Crippen LogP contribution < -0.4 is 0 Å². The van der Waals surface area contributed by atoms with Crippen molar-refractivity contribution in [3.63, 3.8) is 0 Å². The second-order valence-electron chi connectivity index (χ2n) is 6.42. The highest BCUT2D eigenvalue weighted by Crippen LogP contribution is 2.32. The summed E-state index contributed by atoms with van der Waals surface area (Å²) >= 11 is 0. The van der Waals surface area contributed by atoms with E-state index < -0.39 is 34.7 Å². The van der Waals surface area contributed by atoms with Gasteiger partial charge in [-0.1, -0.05) is 59.7 Å². The van der Waals surface area contributed by atoms with Crippen molar-refractivity contribution in [2.45, 2.75) is 25.0 Å². The molecule has 146 valence electrons. The summed E-state index contributed by atoms with van der Waals surface area (Å²) in [6, 6.07) is 10.3. The standard InChI is InChI=1S/C20H18O8/c1-11-3-7-13(8-4-11)15(21)19(27,17(23)24)20(28,18(25)26)16(22)14-9-5-12(2)6-10-14/h3-10,27-28H,1-2H3,(H,23,24)(H,25,26)/t19-,20?/m1/s1. The van der Waals surface area contributed by atoms with Gasteiger partial charge in [0.15, 0.2) is 0 Å². The van der Waals surface area contributed by atoms with Crippen LogP contribution in [0.2, 0.25) is 0 Å². The van der Waals surface area contributed by atoms with Crippen LogP contribution in [0, 0.1) is 13.8 Å². The summed E-state index contributed by atoms with van der Waals surface area (Å²) in [5.74, 6) is -8.01. The molecule has 0 radical (unpaired) electrons. The average Bonchev–Trinajstić information content (AvgIpc) is 2.66. The van der Waals surface area contributed by atoms with Crippen molar-refractivity contribution in [1.82, 2.24) is 0 Å². The Hall–Kier alpha value is -3.36. The van der Waals surface area contributed by atoms with Gasteiger partial charge in [0.1, 0.15) is 0 Å². The van der Waals surface area contributed by atoms with E-state index in [1.54, 1.807) is 13.8 Å². The molecule has 0 aliphatic carbocycles. The Morgan fingerprint density at radius 1 is 0.607 bits per heavy atom. The normalized spacial score (nSPS) is 15.1. The number of benzene rings is 2. The van der Waals surface area contributed by atoms with E-state index in [0.29, 0.717) is 11.1 Å². The number of rotatable bonds is 7. The van der Waals surface area contributed by atoms with E-state index in [1.807, 2.05) is 0 Å². The highest BCUT2D eigenvalue weighted by molar-refractivity contribution is 6.28. The SMILES string of the molecule is Cc1ccc(C(=O)C(O)(C(=O)O)[C@](O)(C(=O)O)C(=O)c2ccc(C)cc2)cc1. The van der Waals surface area contributed by atoms with Crippen LogP contribution in [0.1, 0.15) is 31.8 Å². The molecule has 2 rings (SSSR count). The van der Waals surface area contributed by atoms with Crippen molar-refractivity contribution in [2.24, 2.45) is 0 Å². The first-order valence-electron chi connectivity index (χ1n) is 8.10. The van der Waals surface area contributed by atoms with E-state index in [-0.39, 0.29) is 11.1 Å². The van der Waals surface area contributed by atoms with Gasteiger partial charge in [-0.2, -0.15) is 0 Å². The van der Waals surface area contributed by atoms with Gasteiger partial charge in [0.25, 0.3) is 11.2 Å². The molecule has 0 aliphatic heterocycles. The van der Waals surface area contributed by atoms with Crippen LogP contribution in [0.25, 0.3) is 0 Å². The smallest absolute Gasteiger partial charge is 0.348 e. The number of hydrogen-bond acceptors (Lipinski definition) is 6. The third kappa shape index (κ3) is 3.19. The number of aryl methyl sites for hydroxylation is 2. The van der Waals surface area contributed by atoms with Gasteiger partial charge in [0, 0.05) is 11.1 Å². The largest absolute Gasteiger partial charge is 0.479 e. The molecule has 1 unspecified atom stereocenters. The fraction of sp³-hybridized carbons (Fsp3) is 0.200. The maximum absolute atomic E-state index is 12.8. The number of carboxylic acids is 2. The minimum absolute atomic E-state index is 0.383. The lowest BCUT2D eigenvalue weighted by Gasteiger charge is -2.34. The Morgan fingerprint density at radius 3 is 1.07 bits per heavy atom. The van der Waals surface area contributed by atoms with Gasteiger partial charge in [0.05, 0.1) is 0 Å². The molecule has 8 nitrogen and oxygen atoms in total. The number of aliphatic carboxylic acids is 2. The maximum Gasteiger partial charge on any atom is 0.348 e. The van der Waals surface area contributed by atoms with E-state index in [1.165, 1.54) is 24.3 Å². The molecule has 0 amide bonds. The molecule has 0 aliphatic rings. The molecule has 2 aromatic rings. The van der Waals surface area contributed by atoms with Crippen molar-refractivity contribution in [1.29, 1.82) is 0 Å². The second kappa shape index (κ2) is 7.34. The van der Waals surface area contributed by atoms with Crippen LogP contribution in [0.5, 0.6) is 0 Å². The lowest BCUT2D eigenvalue weighted by molar-refractivity contribution is -0.187. The van der Waals surface area contributed by atoms with Crippen molar-refractivity contribution in [3.05, 3.63) is 70.8 Å². The van der Waals surface area contributed by atoms with Crippen molar-refractivity contribution in [3.8, 4) is 0 Å². The second-order valence-corrected chi connectivity index (χ2v) is 6.42. The Balaban J connectivity index is 2.69. The summed E-state index contributed by atoms with van der Waals surface area (Å²) in [6.45, 7) is 3.37. The molecule has 0 fully saturated rings. The predicted molar refractivity (Wildman–Crippen MR) is 96.2 cm³/mol. The Bertz CT molecular complexity index is 866. The number of carboxylic acid groups (broad SMARTS) is 2. The van der Waals surface area contributed by atoms with Gasteiger partial charge in [-0.25, -0.2) is 9.59 Å². The number of ketones is 2. The molecule has 0 spiro atoms. The third-order valence-corrected chi connectivity index (χ3v) is 4.43. The molecule has 28 heavy (non-hydrogen) atoms. The first-order valence-corrected chi connectivity index (χ1v) is 8.10. The molecular weight excluding hydrogens is 368 g/mol. The summed E-state index contributed by atoms with van der Waals surface area (Å²) in [6.07, 6.45) is 0. The summed E-state index contributed by atoms with van der Waals surface area (Å²) in [7, 11) is 0. The van der Waals surface area contributed by atoms with Gasteiger partial charge in [-0.3, -0.25) is 9.59 Å². The highest BCUT2D eigenvalue weighted by Gasteiger charge is 2.69. The highest BCUT2D eigenvalue weighted by atomic mass is 16.5. The van der Waals surface area contributed by atoms with Gasteiger partial charge in [-0.05, 0) is 13.8 Å². The zero-order chi connectivity index (χ0) is 21.3. The zero-order valence-electron chi connectivity index (χ0n) is 15.0. The first-order chi connectivity index (χ1) is 13.0. The molecule has 2 atom stereocenters. The van der Waals surface area contributed by atoms with E-state index in [4.69, 9.17) is 0 Å². The number of Topliss-reactive ketones (excluding diaryl/α,β-unsaturated/α-hetero) is 2. The molecule has 0 aromatic heterocycles. The Kier molecular flexibility index (Phi) is 5.49. The van der Waals surface area contributed by atoms with Crippen molar-refractivity contribution in [2.75, 3.05) is 0 Å². The molecule has 0 bridgehead atoms. The summed E-state index contributed by atoms with van der Waals surface area (Å²) in [5, 5.41) is 40.3. The Morgan fingerprint density at radius 2 is 0.857 bits per heavy atom. The van der Waals surface area contributed by atoms with Crippen LogP contribution in [0.4, 0.5) is 0 Å². The summed E-state index contributed by atoms with van der Waals surface area (Å²) < 4.78 is 0. The van der Waals surface area contributed by atoms with Gasteiger partial charge in [0.2, 0.25) is 11.6 Å². The molecular formula is C20H18O8. The number of aliphatic hydroxyl groups is 2. The van der Waals surface area contributed by atoms with Crippen LogP contribution in [0.15, 0.2) is 48.5 Å². The quantitative estimate of drug-likeness (QED) is 0.407. The fourth-order valence-corrected chi connectivity index (χ4v) is 2.66. The van der Waals surface area contributed by atoms with Gasteiger partial charge >= 0.3 is 11.9 Å². The molecule has 0 saturated heterocycles. The van der Waals surface area contributed by atoms with E-state index in [0.717, 1.165) is 24.3 Å². The van der Waals surface area contributed by atoms with Crippen LogP contribution in [-0.4, -0.2) is 55.1 Å². The van der Waals surface area contributed by atoms with Gasteiger partial charge < -0.3 is 20.4 Å². The predicted octanol–water partition coefficient (Wildman–Crippen LogP) is 1.00. The van der Waals surface area contributed by atoms with Crippen LogP contribution in [0.3, 0.4) is 0 Å². The lowest BCUT2D eigenvalue weighted by atomic mass is 9.73. The topological polar surface area (TPSA) is 149 Å². The van der Waals surface area contributed by atoms with Gasteiger partial charge in [-0.15, -0.1) is 0 Å². The Labute approximate surface area is 159 Å². The average molecular weight is 386 g/mol. The molecule has 4 N–H and O–H groups in total. The maximum atomic E-state index is 12.8. The minimum Gasteiger partial charge on any atom is -0.479 e. The minimum atomic E-state index is -3.96. The van der Waals surface area contributed by atoms with E-state index >= 15 is 0 Å². The number of carbonyl (C=O) groups excluding carboxylic acids is 2. The molecule has 8 heteroatoms. The molecule has 0 heterocycles. The van der Waals surface area contributed by atoms with Crippen LogP contribution in [-0.2, 0) is 9.59 Å². The third-order valence-electron chi connectivity index (χ3n) is 4.43. The van der Waals surface area contributed by atoms with E-state index in [9.17, 15) is 39.6 Å². The monoisotopic (exact) mass is 386 g/mol.